The van der Waals surface area contributed by atoms with Crippen molar-refractivity contribution < 1.29 is 36.4 Å². The van der Waals surface area contributed by atoms with Crippen molar-refractivity contribution in [2.75, 3.05) is 5.73 Å². The van der Waals surface area contributed by atoms with Gasteiger partial charge in [-0.15, -0.1) is 0 Å². The molecule has 2 N–H and O–H groups in total. The Hall–Kier alpha value is -3.24. The summed E-state index contributed by atoms with van der Waals surface area (Å²) in [5.74, 6) is -12.3. The average Bonchev–Trinajstić information content (AvgIpc) is 2.58. The van der Waals surface area contributed by atoms with E-state index < -0.39 is 63.4 Å². The average molecular weight is 362 g/mol. The van der Waals surface area contributed by atoms with E-state index >= 15 is 0 Å². The second-order valence-corrected chi connectivity index (χ2v) is 4.66. The number of anilines is 1. The molecule has 0 atom stereocenters. The van der Waals surface area contributed by atoms with Crippen LogP contribution in [0.3, 0.4) is 0 Å². The quantitative estimate of drug-likeness (QED) is 0.171. The highest BCUT2D eigenvalue weighted by molar-refractivity contribution is 5.91. The van der Waals surface area contributed by atoms with Crippen molar-refractivity contribution in [2.24, 2.45) is 0 Å². The molecule has 0 bridgehead atoms. The smallest absolute Gasteiger partial charge is 0.338 e. The molecule has 0 unspecified atom stereocenters. The molecule has 2 aromatic carbocycles. The molecule has 0 amide bonds. The molecule has 0 aromatic heterocycles. The van der Waals surface area contributed by atoms with Gasteiger partial charge in [-0.3, -0.25) is 10.1 Å². The predicted octanol–water partition coefficient (Wildman–Crippen LogP) is 3.23. The number of halogens is 5. The van der Waals surface area contributed by atoms with Gasteiger partial charge in [-0.2, -0.15) is 0 Å². The van der Waals surface area contributed by atoms with Crippen LogP contribution in [0.15, 0.2) is 18.2 Å². The van der Waals surface area contributed by atoms with E-state index in [0.29, 0.717) is 0 Å². The Morgan fingerprint density at radius 2 is 1.56 bits per heavy atom. The topological polar surface area (TPSA) is 95.5 Å². The van der Waals surface area contributed by atoms with Crippen molar-refractivity contribution in [2.45, 2.75) is 6.61 Å². The van der Waals surface area contributed by atoms with E-state index in [1.165, 1.54) is 0 Å². The minimum Gasteiger partial charge on any atom is -0.457 e. The van der Waals surface area contributed by atoms with Gasteiger partial charge in [0, 0.05) is 6.07 Å². The van der Waals surface area contributed by atoms with E-state index in [9.17, 15) is 36.9 Å². The van der Waals surface area contributed by atoms with Crippen LogP contribution in [0.2, 0.25) is 0 Å². The molecule has 0 heterocycles. The first-order valence-corrected chi connectivity index (χ1v) is 6.36. The first kappa shape index (κ1) is 18.1. The number of ether oxygens (including phenoxy) is 1. The lowest BCUT2D eigenvalue weighted by atomic mass is 10.1. The first-order chi connectivity index (χ1) is 11.6. The van der Waals surface area contributed by atoms with Crippen molar-refractivity contribution >= 4 is 17.3 Å². The molecule has 132 valence electrons. The molecular weight excluding hydrogens is 355 g/mol. The van der Waals surface area contributed by atoms with Crippen molar-refractivity contribution in [3.05, 3.63) is 68.5 Å². The largest absolute Gasteiger partial charge is 0.457 e. The zero-order valence-electron chi connectivity index (χ0n) is 12.0. The molecule has 11 heteroatoms. The predicted molar refractivity (Wildman–Crippen MR) is 72.9 cm³/mol. The van der Waals surface area contributed by atoms with Crippen molar-refractivity contribution in [1.29, 1.82) is 0 Å². The van der Waals surface area contributed by atoms with E-state index in [1.54, 1.807) is 0 Å². The molecule has 0 aliphatic carbocycles. The Labute approximate surface area is 135 Å². The van der Waals surface area contributed by atoms with Gasteiger partial charge in [-0.1, -0.05) is 0 Å². The van der Waals surface area contributed by atoms with Gasteiger partial charge in [0.15, 0.2) is 23.3 Å². The number of nitro benzene ring substituents is 1. The van der Waals surface area contributed by atoms with Crippen LogP contribution in [0.1, 0.15) is 15.9 Å². The third kappa shape index (κ3) is 3.34. The second-order valence-electron chi connectivity index (χ2n) is 4.66. The van der Waals surface area contributed by atoms with Crippen LogP contribution in [-0.2, 0) is 11.3 Å². The summed E-state index contributed by atoms with van der Waals surface area (Å²) in [6.07, 6.45) is 0. The Balaban J connectivity index is 2.27. The first-order valence-electron chi connectivity index (χ1n) is 6.36. The summed E-state index contributed by atoms with van der Waals surface area (Å²) in [6.45, 7) is -1.28. The Morgan fingerprint density at radius 1 is 1.04 bits per heavy atom. The van der Waals surface area contributed by atoms with Crippen LogP contribution < -0.4 is 5.73 Å². The summed E-state index contributed by atoms with van der Waals surface area (Å²) < 4.78 is 70.4. The standard InChI is InChI=1S/C14H7F5N2O4/c15-9-6(10(16)12(18)13(19)11(9)17)4-25-14(22)5-1-2-7(20)8(3-5)21(23)24/h1-3H,4,20H2. The van der Waals surface area contributed by atoms with E-state index in [1.807, 2.05) is 0 Å². The van der Waals surface area contributed by atoms with Gasteiger partial charge in [-0.05, 0) is 12.1 Å². The zero-order valence-corrected chi connectivity index (χ0v) is 12.0. The molecule has 0 aliphatic rings. The normalized spacial score (nSPS) is 10.6. The number of esters is 1. The summed E-state index contributed by atoms with van der Waals surface area (Å²) in [6, 6.07) is 2.80. The Morgan fingerprint density at radius 3 is 2.08 bits per heavy atom. The second kappa shape index (κ2) is 6.71. The lowest BCUT2D eigenvalue weighted by molar-refractivity contribution is -0.383. The number of benzene rings is 2. The number of hydrogen-bond donors (Lipinski definition) is 1. The van der Waals surface area contributed by atoms with Gasteiger partial charge < -0.3 is 10.5 Å². The van der Waals surface area contributed by atoms with Gasteiger partial charge in [0.25, 0.3) is 5.69 Å². The zero-order chi connectivity index (χ0) is 18.9. The molecule has 2 rings (SSSR count). The van der Waals surface area contributed by atoms with Gasteiger partial charge in [0.05, 0.1) is 16.1 Å². The van der Waals surface area contributed by atoms with Crippen LogP contribution in [-0.4, -0.2) is 10.9 Å². The number of nitro groups is 1. The lowest BCUT2D eigenvalue weighted by Gasteiger charge is -2.09. The maximum Gasteiger partial charge on any atom is 0.338 e. The van der Waals surface area contributed by atoms with Gasteiger partial charge in [-0.25, -0.2) is 26.7 Å². The van der Waals surface area contributed by atoms with Crippen LogP contribution in [0.4, 0.5) is 33.3 Å². The SMILES string of the molecule is Nc1ccc(C(=O)OCc2c(F)c(F)c(F)c(F)c2F)cc1[N+](=O)[O-]. The third-order valence-electron chi connectivity index (χ3n) is 3.11. The lowest BCUT2D eigenvalue weighted by Crippen LogP contribution is -2.12. The molecule has 6 nitrogen and oxygen atoms in total. The fourth-order valence-electron chi connectivity index (χ4n) is 1.83. The van der Waals surface area contributed by atoms with E-state index in [0.717, 1.165) is 18.2 Å². The monoisotopic (exact) mass is 362 g/mol. The van der Waals surface area contributed by atoms with Crippen molar-refractivity contribution in [3.8, 4) is 0 Å². The number of hydrogen-bond acceptors (Lipinski definition) is 5. The maximum atomic E-state index is 13.5. The molecule has 25 heavy (non-hydrogen) atoms. The molecular formula is C14H7F5N2O4. The minimum absolute atomic E-state index is 0.249. The van der Waals surface area contributed by atoms with Gasteiger partial charge in [0.1, 0.15) is 12.3 Å². The number of nitrogens with two attached hydrogens (primary N) is 1. The fourth-order valence-corrected chi connectivity index (χ4v) is 1.83. The molecule has 2 aromatic rings. The highest BCUT2D eigenvalue weighted by Crippen LogP contribution is 2.25. The van der Waals surface area contributed by atoms with Crippen molar-refractivity contribution in [1.82, 2.24) is 0 Å². The minimum atomic E-state index is -2.35. The molecule has 0 radical (unpaired) electrons. The Kier molecular flexibility index (Phi) is 4.86. The molecule has 0 saturated heterocycles. The summed E-state index contributed by atoms with van der Waals surface area (Å²) >= 11 is 0. The van der Waals surface area contributed by atoms with Crippen molar-refractivity contribution in [3.63, 3.8) is 0 Å². The molecule has 0 fully saturated rings. The van der Waals surface area contributed by atoms with Gasteiger partial charge >= 0.3 is 5.97 Å². The Bertz CT molecular complexity index is 859. The molecule has 0 saturated carbocycles. The highest BCUT2D eigenvalue weighted by atomic mass is 19.2. The van der Waals surface area contributed by atoms with Crippen LogP contribution in [0, 0.1) is 39.2 Å². The number of carbonyl (C=O) groups excluding carboxylic acids is 1. The van der Waals surface area contributed by atoms with Gasteiger partial charge in [0.2, 0.25) is 5.82 Å². The fraction of sp³-hybridized carbons (Fsp3) is 0.0714. The number of carbonyl (C=O) groups is 1. The summed E-state index contributed by atoms with van der Waals surface area (Å²) in [4.78, 5) is 21.6. The molecule has 0 aliphatic heterocycles. The highest BCUT2D eigenvalue weighted by Gasteiger charge is 2.26. The number of nitrogens with zero attached hydrogens (tertiary/aromatic N) is 1. The van der Waals surface area contributed by atoms with Crippen LogP contribution >= 0.6 is 0 Å². The molecule has 0 spiro atoms. The summed E-state index contributed by atoms with van der Waals surface area (Å²) in [7, 11) is 0. The van der Waals surface area contributed by atoms with Crippen LogP contribution in [0.5, 0.6) is 0 Å². The van der Waals surface area contributed by atoms with E-state index in [4.69, 9.17) is 5.73 Å². The number of rotatable bonds is 4. The summed E-state index contributed by atoms with van der Waals surface area (Å²) in [5.41, 5.74) is 2.71. The number of nitrogen functional groups attached to an aromatic ring is 1. The maximum absolute atomic E-state index is 13.5. The van der Waals surface area contributed by atoms with Crippen LogP contribution in [0.25, 0.3) is 0 Å². The summed E-state index contributed by atoms with van der Waals surface area (Å²) in [5, 5.41) is 10.7. The third-order valence-corrected chi connectivity index (χ3v) is 3.11. The van der Waals surface area contributed by atoms with E-state index in [2.05, 4.69) is 4.74 Å². The van der Waals surface area contributed by atoms with E-state index in [-0.39, 0.29) is 5.69 Å².